The summed E-state index contributed by atoms with van der Waals surface area (Å²) in [5.74, 6) is -0.212. The third-order valence-corrected chi connectivity index (χ3v) is 6.67. The van der Waals surface area contributed by atoms with Crippen molar-refractivity contribution in [3.8, 4) is 10.6 Å². The Morgan fingerprint density at radius 3 is 2.86 bits per heavy atom. The number of benzene rings is 1. The van der Waals surface area contributed by atoms with Crippen molar-refractivity contribution >= 4 is 49.7 Å². The minimum atomic E-state index is -0.212. The second-order valence-corrected chi connectivity index (χ2v) is 9.14. The van der Waals surface area contributed by atoms with Crippen molar-refractivity contribution in [2.45, 2.75) is 6.92 Å². The van der Waals surface area contributed by atoms with Crippen LogP contribution in [-0.4, -0.2) is 52.3 Å². The number of fused-ring (bicyclic) bond motifs is 2. The molecular formula is C26H25N5O3S. The molecule has 5 rings (SSSR count). The maximum Gasteiger partial charge on any atom is 0.252 e. The van der Waals surface area contributed by atoms with E-state index in [9.17, 15) is 4.79 Å². The SMILES string of the molecule is Cc1cc2cc(Nc3ccnc4cc(-c5ccc(C(=O)NCCOCCO)cn5)sc34)ccc2[nH]1. The fourth-order valence-corrected chi connectivity index (χ4v) is 4.91. The van der Waals surface area contributed by atoms with Gasteiger partial charge in [0.1, 0.15) is 0 Å². The quantitative estimate of drug-likeness (QED) is 0.226. The molecule has 0 saturated heterocycles. The zero-order valence-electron chi connectivity index (χ0n) is 19.2. The summed E-state index contributed by atoms with van der Waals surface area (Å²) < 4.78 is 6.19. The van der Waals surface area contributed by atoms with Gasteiger partial charge in [-0.2, -0.15) is 0 Å². The van der Waals surface area contributed by atoms with E-state index in [-0.39, 0.29) is 19.1 Å². The molecule has 0 saturated carbocycles. The first-order valence-corrected chi connectivity index (χ1v) is 12.1. The average molecular weight is 488 g/mol. The lowest BCUT2D eigenvalue weighted by Gasteiger charge is -2.07. The number of anilines is 2. The Balaban J connectivity index is 1.32. The molecule has 5 aromatic rings. The molecule has 178 valence electrons. The van der Waals surface area contributed by atoms with Crippen molar-refractivity contribution in [1.29, 1.82) is 0 Å². The highest BCUT2D eigenvalue weighted by molar-refractivity contribution is 7.22. The van der Waals surface area contributed by atoms with E-state index >= 15 is 0 Å². The number of carbonyl (C=O) groups is 1. The number of nitrogens with zero attached hydrogens (tertiary/aromatic N) is 2. The molecule has 0 bridgehead atoms. The van der Waals surface area contributed by atoms with Gasteiger partial charge in [-0.05, 0) is 55.5 Å². The Labute approximate surface area is 206 Å². The first-order valence-electron chi connectivity index (χ1n) is 11.3. The van der Waals surface area contributed by atoms with Crippen LogP contribution in [0.4, 0.5) is 11.4 Å². The zero-order chi connectivity index (χ0) is 24.2. The molecular weight excluding hydrogens is 462 g/mol. The molecule has 1 amide bonds. The smallest absolute Gasteiger partial charge is 0.252 e. The number of H-pyrrole nitrogens is 1. The molecule has 9 heteroatoms. The Bertz CT molecular complexity index is 1480. The molecule has 4 N–H and O–H groups in total. The predicted molar refractivity (Wildman–Crippen MR) is 139 cm³/mol. The Kier molecular flexibility index (Phi) is 6.71. The highest BCUT2D eigenvalue weighted by Gasteiger charge is 2.12. The number of aromatic amines is 1. The van der Waals surface area contributed by atoms with Crippen LogP contribution in [0.15, 0.2) is 60.9 Å². The van der Waals surface area contributed by atoms with Gasteiger partial charge in [-0.25, -0.2) is 0 Å². The number of thiophene rings is 1. The van der Waals surface area contributed by atoms with Gasteiger partial charge in [0.05, 0.1) is 51.9 Å². The van der Waals surface area contributed by atoms with Crippen molar-refractivity contribution in [3.05, 3.63) is 72.2 Å². The lowest BCUT2D eigenvalue weighted by atomic mass is 10.2. The standard InChI is InChI=1S/C26H25N5O3S/c1-16-12-18-13-19(3-5-20(18)30-16)31-22-6-7-27-23-14-24(35-25(22)23)21-4-2-17(15-29-21)26(33)28-8-10-34-11-9-32/h2-7,12-15,30,32H,8-11H2,1H3,(H,27,31)(H,28,33). The van der Waals surface area contributed by atoms with E-state index in [1.54, 1.807) is 29.8 Å². The van der Waals surface area contributed by atoms with Gasteiger partial charge in [0.2, 0.25) is 0 Å². The normalized spacial score (nSPS) is 11.3. The van der Waals surface area contributed by atoms with Crippen LogP contribution in [0.5, 0.6) is 0 Å². The molecule has 0 fully saturated rings. The second kappa shape index (κ2) is 10.2. The molecule has 0 radical (unpaired) electrons. The fraction of sp³-hybridized carbons (Fsp3) is 0.192. The van der Waals surface area contributed by atoms with Crippen molar-refractivity contribution in [2.75, 3.05) is 31.7 Å². The van der Waals surface area contributed by atoms with Crippen LogP contribution >= 0.6 is 11.3 Å². The van der Waals surface area contributed by atoms with Crippen LogP contribution in [0, 0.1) is 6.92 Å². The van der Waals surface area contributed by atoms with Crippen LogP contribution in [0.1, 0.15) is 16.1 Å². The summed E-state index contributed by atoms with van der Waals surface area (Å²) in [6.45, 7) is 2.99. The van der Waals surface area contributed by atoms with Gasteiger partial charge >= 0.3 is 0 Å². The third kappa shape index (κ3) is 5.17. The number of pyridine rings is 2. The van der Waals surface area contributed by atoms with E-state index in [1.807, 2.05) is 18.2 Å². The molecule has 4 aromatic heterocycles. The maximum absolute atomic E-state index is 12.3. The van der Waals surface area contributed by atoms with Crippen LogP contribution in [-0.2, 0) is 4.74 Å². The van der Waals surface area contributed by atoms with E-state index < -0.39 is 0 Å². The van der Waals surface area contributed by atoms with Gasteiger partial charge < -0.3 is 25.5 Å². The summed E-state index contributed by atoms with van der Waals surface area (Å²) in [4.78, 5) is 25.7. The topological polar surface area (TPSA) is 112 Å². The Hall–Kier alpha value is -3.79. The van der Waals surface area contributed by atoms with Gasteiger partial charge in [0.15, 0.2) is 0 Å². The van der Waals surface area contributed by atoms with E-state index in [4.69, 9.17) is 9.84 Å². The van der Waals surface area contributed by atoms with E-state index in [0.717, 1.165) is 48.8 Å². The number of amides is 1. The fourth-order valence-electron chi connectivity index (χ4n) is 3.85. The molecule has 0 aliphatic carbocycles. The number of aliphatic hydroxyl groups excluding tert-OH is 1. The zero-order valence-corrected chi connectivity index (χ0v) is 20.0. The van der Waals surface area contributed by atoms with Gasteiger partial charge in [0.25, 0.3) is 5.91 Å². The van der Waals surface area contributed by atoms with Crippen LogP contribution in [0.3, 0.4) is 0 Å². The predicted octanol–water partition coefficient (Wildman–Crippen LogP) is 4.63. The van der Waals surface area contributed by atoms with Gasteiger partial charge in [-0.3, -0.25) is 14.8 Å². The lowest BCUT2D eigenvalue weighted by Crippen LogP contribution is -2.27. The molecule has 4 heterocycles. The molecule has 8 nitrogen and oxygen atoms in total. The number of carbonyl (C=O) groups excluding carboxylic acids is 1. The molecule has 0 spiro atoms. The number of aliphatic hydroxyl groups is 1. The van der Waals surface area contributed by atoms with E-state index in [1.165, 1.54) is 0 Å². The van der Waals surface area contributed by atoms with Crippen LogP contribution in [0.2, 0.25) is 0 Å². The van der Waals surface area contributed by atoms with Gasteiger partial charge in [0, 0.05) is 41.2 Å². The van der Waals surface area contributed by atoms with Crippen molar-refractivity contribution < 1.29 is 14.6 Å². The highest BCUT2D eigenvalue weighted by atomic mass is 32.1. The van der Waals surface area contributed by atoms with E-state index in [0.29, 0.717) is 18.7 Å². The summed E-state index contributed by atoms with van der Waals surface area (Å²) in [5.41, 5.74) is 6.39. The third-order valence-electron chi connectivity index (χ3n) is 5.49. The highest BCUT2D eigenvalue weighted by Crippen LogP contribution is 2.37. The summed E-state index contributed by atoms with van der Waals surface area (Å²) in [6.07, 6.45) is 3.37. The molecule has 0 aliphatic rings. The molecule has 35 heavy (non-hydrogen) atoms. The van der Waals surface area contributed by atoms with Crippen molar-refractivity contribution in [1.82, 2.24) is 20.3 Å². The summed E-state index contributed by atoms with van der Waals surface area (Å²) in [7, 11) is 0. The maximum atomic E-state index is 12.3. The number of ether oxygens (including phenoxy) is 1. The Morgan fingerprint density at radius 2 is 2.03 bits per heavy atom. The number of rotatable bonds is 9. The number of aryl methyl sites for hydroxylation is 1. The number of hydrogen-bond donors (Lipinski definition) is 4. The van der Waals surface area contributed by atoms with Crippen molar-refractivity contribution in [2.24, 2.45) is 0 Å². The first-order chi connectivity index (χ1) is 17.1. The van der Waals surface area contributed by atoms with E-state index in [2.05, 4.69) is 56.8 Å². The Morgan fingerprint density at radius 1 is 1.11 bits per heavy atom. The summed E-state index contributed by atoms with van der Waals surface area (Å²) in [5, 5.41) is 16.2. The van der Waals surface area contributed by atoms with Crippen LogP contribution < -0.4 is 10.6 Å². The largest absolute Gasteiger partial charge is 0.394 e. The minimum absolute atomic E-state index is 0.0345. The monoisotopic (exact) mass is 487 g/mol. The second-order valence-electron chi connectivity index (χ2n) is 8.09. The molecule has 1 aromatic carbocycles. The summed E-state index contributed by atoms with van der Waals surface area (Å²) in [6, 6.07) is 16.0. The first kappa shape index (κ1) is 23.0. The summed E-state index contributed by atoms with van der Waals surface area (Å²) >= 11 is 1.61. The number of hydrogen-bond acceptors (Lipinski definition) is 7. The number of nitrogens with one attached hydrogen (secondary N) is 3. The molecule has 0 aliphatic heterocycles. The van der Waals surface area contributed by atoms with Gasteiger partial charge in [-0.15, -0.1) is 11.3 Å². The molecule has 0 atom stereocenters. The molecule has 0 unspecified atom stereocenters. The minimum Gasteiger partial charge on any atom is -0.394 e. The number of aromatic nitrogens is 3. The lowest BCUT2D eigenvalue weighted by molar-refractivity contribution is 0.0838. The van der Waals surface area contributed by atoms with Crippen molar-refractivity contribution in [3.63, 3.8) is 0 Å². The van der Waals surface area contributed by atoms with Crippen LogP contribution in [0.25, 0.3) is 31.7 Å². The average Bonchev–Trinajstić information content (AvgIpc) is 3.47. The van der Waals surface area contributed by atoms with Gasteiger partial charge in [-0.1, -0.05) is 0 Å².